The number of halogens is 4. The molecule has 0 aliphatic heterocycles. The lowest BCUT2D eigenvalue weighted by Crippen LogP contribution is -2.51. The molecule has 3 aromatic carbocycles. The monoisotopic (exact) mass is 639 g/mol. The van der Waals surface area contributed by atoms with E-state index in [0.29, 0.717) is 34.7 Å². The van der Waals surface area contributed by atoms with E-state index in [1.165, 1.54) is 43.2 Å². The smallest absolute Gasteiger partial charge is 0.416 e. The Hall–Kier alpha value is -3.77. The van der Waals surface area contributed by atoms with Gasteiger partial charge in [-0.25, -0.2) is 8.42 Å². The number of carbonyl (C=O) groups is 2. The van der Waals surface area contributed by atoms with Gasteiger partial charge in [0.1, 0.15) is 18.3 Å². The molecule has 0 unspecified atom stereocenters. The number of hydrogen-bond donors (Lipinski definition) is 1. The molecule has 8 nitrogen and oxygen atoms in total. The predicted molar refractivity (Wildman–Crippen MR) is 158 cm³/mol. The van der Waals surface area contributed by atoms with Gasteiger partial charge < -0.3 is 15.0 Å². The zero-order valence-corrected chi connectivity index (χ0v) is 25.5. The zero-order chi connectivity index (χ0) is 31.8. The van der Waals surface area contributed by atoms with Crippen molar-refractivity contribution < 1.29 is 35.9 Å². The van der Waals surface area contributed by atoms with Crippen molar-refractivity contribution in [2.75, 3.05) is 24.5 Å². The van der Waals surface area contributed by atoms with E-state index in [-0.39, 0.29) is 16.5 Å². The number of rotatable bonds is 13. The van der Waals surface area contributed by atoms with E-state index in [1.807, 2.05) is 6.92 Å². The lowest BCUT2D eigenvalue weighted by Gasteiger charge is -2.32. The molecular weight excluding hydrogens is 607 g/mol. The van der Waals surface area contributed by atoms with E-state index in [9.17, 15) is 31.2 Å². The highest BCUT2D eigenvalue weighted by Gasteiger charge is 2.36. The average molecular weight is 640 g/mol. The maximum atomic E-state index is 14.0. The summed E-state index contributed by atoms with van der Waals surface area (Å²) in [7, 11) is -3.13. The SMILES string of the molecule is CCCCNC(=O)[C@@H](C)N(Cc1cccc(OC)c1)C(=O)CN(c1cc(C(F)(F)F)ccc1Cl)S(=O)(=O)c1ccccc1. The van der Waals surface area contributed by atoms with E-state index in [2.05, 4.69) is 5.32 Å². The molecule has 0 aliphatic rings. The fraction of sp³-hybridized carbons (Fsp3) is 0.333. The first kappa shape index (κ1) is 33.7. The molecule has 3 aromatic rings. The Morgan fingerprint density at radius 1 is 1.02 bits per heavy atom. The molecule has 3 rings (SSSR count). The molecule has 13 heteroatoms. The molecular formula is C30H33ClF3N3O5S. The van der Waals surface area contributed by atoms with E-state index >= 15 is 0 Å². The van der Waals surface area contributed by atoms with Crippen LogP contribution in [-0.4, -0.2) is 51.4 Å². The summed E-state index contributed by atoms with van der Waals surface area (Å²) < 4.78 is 74.5. The van der Waals surface area contributed by atoms with Crippen LogP contribution in [0.15, 0.2) is 77.7 Å². The van der Waals surface area contributed by atoms with Crippen LogP contribution in [0, 0.1) is 0 Å². The maximum Gasteiger partial charge on any atom is 0.416 e. The van der Waals surface area contributed by atoms with Crippen LogP contribution in [0.4, 0.5) is 18.9 Å². The molecule has 2 amide bonds. The van der Waals surface area contributed by atoms with Gasteiger partial charge in [-0.1, -0.05) is 55.3 Å². The quantitative estimate of drug-likeness (QED) is 0.235. The summed E-state index contributed by atoms with van der Waals surface area (Å²) in [5.41, 5.74) is -1.10. The van der Waals surface area contributed by atoms with E-state index in [1.54, 1.807) is 30.3 Å². The van der Waals surface area contributed by atoms with Crippen LogP contribution in [0.1, 0.15) is 37.8 Å². The summed E-state index contributed by atoms with van der Waals surface area (Å²) in [6, 6.07) is 14.9. The highest BCUT2D eigenvalue weighted by molar-refractivity contribution is 7.92. The second-order valence-electron chi connectivity index (χ2n) is 9.68. The van der Waals surface area contributed by atoms with Crippen molar-refractivity contribution in [1.82, 2.24) is 10.2 Å². The van der Waals surface area contributed by atoms with E-state index in [4.69, 9.17) is 16.3 Å². The molecule has 1 N–H and O–H groups in total. The van der Waals surface area contributed by atoms with Gasteiger partial charge in [-0.3, -0.25) is 13.9 Å². The second-order valence-corrected chi connectivity index (χ2v) is 12.0. The summed E-state index contributed by atoms with van der Waals surface area (Å²) >= 11 is 6.27. The number of benzene rings is 3. The predicted octanol–water partition coefficient (Wildman–Crippen LogP) is 5.90. The number of amides is 2. The van der Waals surface area contributed by atoms with Gasteiger partial charge >= 0.3 is 6.18 Å². The third-order valence-electron chi connectivity index (χ3n) is 6.64. The van der Waals surface area contributed by atoms with Crippen LogP contribution in [0.3, 0.4) is 0 Å². The molecule has 1 atom stereocenters. The number of sulfonamides is 1. The summed E-state index contributed by atoms with van der Waals surface area (Å²) in [6.45, 7) is 2.76. The second kappa shape index (κ2) is 14.6. The Labute approximate surface area is 254 Å². The standard InChI is InChI=1S/C30H33ClF3N3O5S/c1-4-5-16-35-29(39)21(2)36(19-22-10-9-11-24(17-22)42-3)28(38)20-37(43(40,41)25-12-7-6-8-13-25)27-18-23(30(32,33)34)14-15-26(27)31/h6-15,17-18,21H,4-5,16,19-20H2,1-3H3,(H,35,39)/t21-/m1/s1. The van der Waals surface area contributed by atoms with Gasteiger partial charge in [0.15, 0.2) is 0 Å². The molecule has 43 heavy (non-hydrogen) atoms. The van der Waals surface area contributed by atoms with Crippen molar-refractivity contribution in [3.05, 3.63) is 88.9 Å². The molecule has 0 spiro atoms. The normalized spacial score (nSPS) is 12.3. The molecule has 0 heterocycles. The summed E-state index contributed by atoms with van der Waals surface area (Å²) in [4.78, 5) is 27.9. The van der Waals surface area contributed by atoms with Gasteiger partial charge in [-0.15, -0.1) is 0 Å². The molecule has 0 fully saturated rings. The topological polar surface area (TPSA) is 96.0 Å². The number of nitrogens with one attached hydrogen (secondary N) is 1. The fourth-order valence-electron chi connectivity index (χ4n) is 4.20. The number of anilines is 1. The first-order valence-electron chi connectivity index (χ1n) is 13.4. The highest BCUT2D eigenvalue weighted by Crippen LogP contribution is 2.37. The molecule has 0 aromatic heterocycles. The van der Waals surface area contributed by atoms with Crippen molar-refractivity contribution in [1.29, 1.82) is 0 Å². The Kier molecular flexibility index (Phi) is 11.5. The first-order valence-corrected chi connectivity index (χ1v) is 15.3. The number of unbranched alkanes of at least 4 members (excludes halogenated alkanes) is 1. The van der Waals surface area contributed by atoms with Gasteiger partial charge in [0.25, 0.3) is 10.0 Å². The average Bonchev–Trinajstić information content (AvgIpc) is 2.98. The molecule has 232 valence electrons. The number of alkyl halides is 3. The van der Waals surface area contributed by atoms with Crippen LogP contribution in [0.25, 0.3) is 0 Å². The van der Waals surface area contributed by atoms with Gasteiger partial charge in [-0.2, -0.15) is 13.2 Å². The molecule has 0 radical (unpaired) electrons. The van der Waals surface area contributed by atoms with Crippen molar-refractivity contribution in [2.24, 2.45) is 0 Å². The van der Waals surface area contributed by atoms with Gasteiger partial charge in [0.05, 0.1) is 28.3 Å². The van der Waals surface area contributed by atoms with Crippen LogP contribution in [-0.2, 0) is 32.3 Å². The van der Waals surface area contributed by atoms with Gasteiger partial charge in [-0.05, 0) is 61.4 Å². The third-order valence-corrected chi connectivity index (χ3v) is 8.73. The minimum Gasteiger partial charge on any atom is -0.497 e. The Bertz CT molecular complexity index is 1520. The highest BCUT2D eigenvalue weighted by atomic mass is 35.5. The number of nitrogens with zero attached hydrogens (tertiary/aromatic N) is 2. The maximum absolute atomic E-state index is 14.0. The number of ether oxygens (including phenoxy) is 1. The largest absolute Gasteiger partial charge is 0.497 e. The Balaban J connectivity index is 2.10. The zero-order valence-electron chi connectivity index (χ0n) is 23.9. The fourth-order valence-corrected chi connectivity index (χ4v) is 5.91. The van der Waals surface area contributed by atoms with Gasteiger partial charge in [0, 0.05) is 13.1 Å². The minimum atomic E-state index is -4.81. The molecule has 0 saturated carbocycles. The lowest BCUT2D eigenvalue weighted by atomic mass is 10.1. The summed E-state index contributed by atoms with van der Waals surface area (Å²) in [5.74, 6) is -0.817. The van der Waals surface area contributed by atoms with Gasteiger partial charge in [0.2, 0.25) is 11.8 Å². The number of methoxy groups -OCH3 is 1. The number of carbonyl (C=O) groups excluding carboxylic acids is 2. The van der Waals surface area contributed by atoms with E-state index in [0.717, 1.165) is 18.6 Å². The molecule has 0 saturated heterocycles. The van der Waals surface area contributed by atoms with Crippen LogP contribution in [0.5, 0.6) is 5.75 Å². The van der Waals surface area contributed by atoms with Crippen molar-refractivity contribution in [3.8, 4) is 5.75 Å². The van der Waals surface area contributed by atoms with Crippen LogP contribution >= 0.6 is 11.6 Å². The van der Waals surface area contributed by atoms with Crippen LogP contribution in [0.2, 0.25) is 5.02 Å². The Morgan fingerprint density at radius 2 is 1.72 bits per heavy atom. The first-order chi connectivity index (χ1) is 20.3. The Morgan fingerprint density at radius 3 is 2.35 bits per heavy atom. The summed E-state index contributed by atoms with van der Waals surface area (Å²) in [5, 5.41) is 2.45. The lowest BCUT2D eigenvalue weighted by molar-refractivity contribution is -0.139. The van der Waals surface area contributed by atoms with Crippen molar-refractivity contribution in [2.45, 2.75) is 50.3 Å². The molecule has 0 aliphatic carbocycles. The molecule has 0 bridgehead atoms. The third kappa shape index (κ3) is 8.64. The van der Waals surface area contributed by atoms with E-state index < -0.39 is 51.9 Å². The van der Waals surface area contributed by atoms with Crippen molar-refractivity contribution in [3.63, 3.8) is 0 Å². The number of hydrogen-bond acceptors (Lipinski definition) is 5. The summed E-state index contributed by atoms with van der Waals surface area (Å²) in [6.07, 6.45) is -3.28. The minimum absolute atomic E-state index is 0.117. The van der Waals surface area contributed by atoms with Crippen molar-refractivity contribution >= 4 is 39.1 Å². The van der Waals surface area contributed by atoms with Crippen LogP contribution < -0.4 is 14.4 Å².